The van der Waals surface area contributed by atoms with Crippen LogP contribution in [0.5, 0.6) is 0 Å². The maximum atomic E-state index is 12.5. The van der Waals surface area contributed by atoms with Crippen molar-refractivity contribution in [2.24, 2.45) is 0 Å². The molecule has 0 saturated heterocycles. The van der Waals surface area contributed by atoms with Crippen LogP contribution in [-0.4, -0.2) is 19.7 Å². The molecule has 0 unspecified atom stereocenters. The van der Waals surface area contributed by atoms with Crippen molar-refractivity contribution in [3.8, 4) is 17.4 Å². The Labute approximate surface area is 175 Å². The summed E-state index contributed by atoms with van der Waals surface area (Å²) in [7, 11) is 0. The van der Waals surface area contributed by atoms with Crippen LogP contribution < -0.4 is 5.63 Å². The summed E-state index contributed by atoms with van der Waals surface area (Å²) in [6.45, 7) is 7.84. The van der Waals surface area contributed by atoms with Gasteiger partial charge in [-0.1, -0.05) is 31.5 Å². The van der Waals surface area contributed by atoms with E-state index >= 15 is 0 Å². The second-order valence-corrected chi connectivity index (χ2v) is 7.08. The summed E-state index contributed by atoms with van der Waals surface area (Å²) >= 11 is 9.59. The van der Waals surface area contributed by atoms with Gasteiger partial charge in [0, 0.05) is 12.3 Å². The lowest BCUT2D eigenvalue weighted by Crippen LogP contribution is -2.08. The zero-order valence-corrected chi connectivity index (χ0v) is 18.2. The first-order valence-electron chi connectivity index (χ1n) is 8.73. The molecule has 0 aliphatic heterocycles. The summed E-state index contributed by atoms with van der Waals surface area (Å²) in [5.74, 6) is 0.564. The number of nitrogens with zero attached hydrogens (tertiary/aromatic N) is 4. The van der Waals surface area contributed by atoms with Gasteiger partial charge in [0.15, 0.2) is 5.82 Å². The Hall–Kier alpha value is -2.51. The lowest BCUT2D eigenvalue weighted by atomic mass is 10.1. The van der Waals surface area contributed by atoms with Gasteiger partial charge in [-0.3, -0.25) is 0 Å². The van der Waals surface area contributed by atoms with Gasteiger partial charge in [0.25, 0.3) is 0 Å². The molecule has 0 aliphatic rings. The standard InChI is InChI=1S/C18H12BrClN4O2.C2H6/c1-9-6-10(2)15-11(7-9)18(25)26-17(22-15)13-8-14(19)23-24(13)16-12(20)4-3-5-21-16;1-2/h3-8H,1-2H3;1-2H3. The number of aromatic nitrogens is 4. The number of benzene rings is 1. The number of pyridine rings is 1. The number of halogens is 2. The fraction of sp³-hybridized carbons (Fsp3) is 0.200. The molecule has 144 valence electrons. The minimum absolute atomic E-state index is 0.148. The van der Waals surface area contributed by atoms with Gasteiger partial charge in [0.1, 0.15) is 10.3 Å². The number of aryl methyl sites for hydroxylation is 2. The summed E-state index contributed by atoms with van der Waals surface area (Å²) in [6, 6.07) is 8.88. The van der Waals surface area contributed by atoms with Crippen LogP contribution in [0.4, 0.5) is 0 Å². The minimum Gasteiger partial charge on any atom is -0.401 e. The molecule has 6 nitrogen and oxygen atoms in total. The van der Waals surface area contributed by atoms with Gasteiger partial charge in [-0.25, -0.2) is 19.4 Å². The fourth-order valence-corrected chi connectivity index (χ4v) is 3.42. The van der Waals surface area contributed by atoms with Gasteiger partial charge < -0.3 is 4.42 Å². The second kappa shape index (κ2) is 8.24. The fourth-order valence-electron chi connectivity index (χ4n) is 2.84. The van der Waals surface area contributed by atoms with Crippen molar-refractivity contribution in [3.63, 3.8) is 0 Å². The van der Waals surface area contributed by atoms with Gasteiger partial charge in [-0.2, -0.15) is 5.10 Å². The molecule has 3 heterocycles. The minimum atomic E-state index is -0.451. The quantitative estimate of drug-likeness (QED) is 0.394. The molecule has 0 aliphatic carbocycles. The zero-order chi connectivity index (χ0) is 20.4. The van der Waals surface area contributed by atoms with Crippen molar-refractivity contribution in [1.29, 1.82) is 0 Å². The molecule has 0 saturated carbocycles. The predicted molar refractivity (Wildman–Crippen MR) is 114 cm³/mol. The summed E-state index contributed by atoms with van der Waals surface area (Å²) < 4.78 is 7.52. The van der Waals surface area contributed by atoms with Gasteiger partial charge in [-0.05, 0) is 59.1 Å². The van der Waals surface area contributed by atoms with Gasteiger partial charge in [0.2, 0.25) is 5.89 Å². The number of rotatable bonds is 2. The third kappa shape index (κ3) is 3.72. The van der Waals surface area contributed by atoms with E-state index in [1.165, 1.54) is 4.68 Å². The van der Waals surface area contributed by atoms with Gasteiger partial charge in [0.05, 0.1) is 15.9 Å². The van der Waals surface area contributed by atoms with Crippen LogP contribution in [-0.2, 0) is 0 Å². The van der Waals surface area contributed by atoms with Crippen LogP contribution in [0, 0.1) is 13.8 Å². The Kier molecular flexibility index (Phi) is 5.96. The van der Waals surface area contributed by atoms with Gasteiger partial charge in [-0.15, -0.1) is 0 Å². The maximum Gasteiger partial charge on any atom is 0.347 e. The van der Waals surface area contributed by atoms with Crippen molar-refractivity contribution in [1.82, 2.24) is 19.7 Å². The van der Waals surface area contributed by atoms with Crippen LogP contribution in [0.2, 0.25) is 5.02 Å². The third-order valence-electron chi connectivity index (χ3n) is 3.91. The molecule has 0 fully saturated rings. The van der Waals surface area contributed by atoms with Crippen molar-refractivity contribution < 1.29 is 4.42 Å². The van der Waals surface area contributed by atoms with Crippen molar-refractivity contribution in [2.45, 2.75) is 27.7 Å². The molecule has 0 spiro atoms. The van der Waals surface area contributed by atoms with E-state index in [0.29, 0.717) is 32.0 Å². The molecule has 1 aromatic carbocycles. The van der Waals surface area contributed by atoms with Crippen LogP contribution in [0.1, 0.15) is 25.0 Å². The molecular weight excluding hydrogens is 444 g/mol. The average molecular weight is 462 g/mol. The average Bonchev–Trinajstić information content (AvgIpc) is 3.06. The maximum absolute atomic E-state index is 12.5. The topological polar surface area (TPSA) is 73.8 Å². The third-order valence-corrected chi connectivity index (χ3v) is 4.59. The van der Waals surface area contributed by atoms with E-state index in [1.807, 2.05) is 33.8 Å². The monoisotopic (exact) mass is 460 g/mol. The SMILES string of the molecule is CC.Cc1cc(C)c2nc(-c3cc(Br)nn3-c3ncccc3Cl)oc(=O)c2c1. The molecule has 3 aromatic heterocycles. The molecule has 8 heteroatoms. The molecule has 0 amide bonds. The normalized spacial score (nSPS) is 10.6. The van der Waals surface area contributed by atoms with Crippen LogP contribution in [0.15, 0.2) is 50.3 Å². The summed E-state index contributed by atoms with van der Waals surface area (Å²) in [5, 5.41) is 5.22. The molecule has 0 N–H and O–H groups in total. The first kappa shape index (κ1) is 20.2. The summed E-state index contributed by atoms with van der Waals surface area (Å²) in [6.07, 6.45) is 1.61. The lowest BCUT2D eigenvalue weighted by Gasteiger charge is -2.08. The largest absolute Gasteiger partial charge is 0.401 e. The Morgan fingerprint density at radius 1 is 1.18 bits per heavy atom. The Morgan fingerprint density at radius 3 is 2.64 bits per heavy atom. The lowest BCUT2D eigenvalue weighted by molar-refractivity contribution is 0.513. The van der Waals surface area contributed by atoms with E-state index in [1.54, 1.807) is 30.5 Å². The Morgan fingerprint density at radius 2 is 1.93 bits per heavy atom. The summed E-state index contributed by atoms with van der Waals surface area (Å²) in [4.78, 5) is 21.3. The van der Waals surface area contributed by atoms with E-state index in [-0.39, 0.29) is 5.89 Å². The predicted octanol–water partition coefficient (Wildman–Crippen LogP) is 5.49. The van der Waals surface area contributed by atoms with Crippen LogP contribution >= 0.6 is 27.5 Å². The molecule has 4 aromatic rings. The van der Waals surface area contributed by atoms with Crippen molar-refractivity contribution in [2.75, 3.05) is 0 Å². The van der Waals surface area contributed by atoms with Crippen LogP contribution in [0.3, 0.4) is 0 Å². The van der Waals surface area contributed by atoms with Crippen molar-refractivity contribution >= 4 is 38.4 Å². The van der Waals surface area contributed by atoms with Crippen molar-refractivity contribution in [3.05, 3.63) is 67.7 Å². The first-order valence-corrected chi connectivity index (χ1v) is 9.90. The molecular formula is C20H18BrClN4O2. The van der Waals surface area contributed by atoms with E-state index in [0.717, 1.165) is 11.1 Å². The molecule has 4 rings (SSSR count). The smallest absolute Gasteiger partial charge is 0.347 e. The van der Waals surface area contributed by atoms with E-state index in [9.17, 15) is 4.79 Å². The molecule has 0 atom stereocenters. The number of hydrogen-bond acceptors (Lipinski definition) is 5. The first-order chi connectivity index (χ1) is 13.4. The second-order valence-electron chi connectivity index (χ2n) is 5.86. The highest BCUT2D eigenvalue weighted by atomic mass is 79.9. The van der Waals surface area contributed by atoms with E-state index in [2.05, 4.69) is 31.0 Å². The summed E-state index contributed by atoms with van der Waals surface area (Å²) in [5.41, 5.74) is 2.49. The molecule has 28 heavy (non-hydrogen) atoms. The van der Waals surface area contributed by atoms with E-state index in [4.69, 9.17) is 16.0 Å². The number of fused-ring (bicyclic) bond motifs is 1. The number of hydrogen-bond donors (Lipinski definition) is 0. The highest BCUT2D eigenvalue weighted by Gasteiger charge is 2.19. The zero-order valence-electron chi connectivity index (χ0n) is 15.8. The molecule has 0 radical (unpaired) electrons. The highest BCUT2D eigenvalue weighted by Crippen LogP contribution is 2.28. The van der Waals surface area contributed by atoms with Gasteiger partial charge >= 0.3 is 5.63 Å². The van der Waals surface area contributed by atoms with E-state index < -0.39 is 5.63 Å². The molecule has 0 bridgehead atoms. The Bertz CT molecular complexity index is 1220. The highest BCUT2D eigenvalue weighted by molar-refractivity contribution is 9.10. The Balaban J connectivity index is 0.00000109. The van der Waals surface area contributed by atoms with Crippen LogP contribution in [0.25, 0.3) is 28.3 Å².